The summed E-state index contributed by atoms with van der Waals surface area (Å²) in [4.78, 5) is 38.2. The van der Waals surface area contributed by atoms with Gasteiger partial charge in [0.25, 0.3) is 0 Å². The van der Waals surface area contributed by atoms with E-state index in [1.165, 1.54) is 4.90 Å². The molecule has 1 atom stereocenters. The Morgan fingerprint density at radius 2 is 2.04 bits per heavy atom. The molecule has 0 radical (unpaired) electrons. The Labute approximate surface area is 151 Å². The SMILES string of the molecule is COc1ccc([C@@H]2NC(=O)N(CC(=O)NC(C)C)C3=C2C(=O)OC3)cc1. The van der Waals surface area contributed by atoms with Gasteiger partial charge in [-0.15, -0.1) is 0 Å². The maximum Gasteiger partial charge on any atom is 0.338 e. The summed E-state index contributed by atoms with van der Waals surface area (Å²) in [5, 5.41) is 5.52. The first-order valence-electron chi connectivity index (χ1n) is 8.32. The number of hydrogen-bond donors (Lipinski definition) is 2. The summed E-state index contributed by atoms with van der Waals surface area (Å²) < 4.78 is 10.3. The van der Waals surface area contributed by atoms with Crippen LogP contribution in [0, 0.1) is 0 Å². The summed E-state index contributed by atoms with van der Waals surface area (Å²) in [6.07, 6.45) is 0. The predicted molar refractivity (Wildman–Crippen MR) is 92.2 cm³/mol. The molecular weight excluding hydrogens is 338 g/mol. The quantitative estimate of drug-likeness (QED) is 0.768. The highest BCUT2D eigenvalue weighted by atomic mass is 16.5. The highest BCUT2D eigenvalue weighted by Crippen LogP contribution is 2.35. The van der Waals surface area contributed by atoms with E-state index in [-0.39, 0.29) is 25.1 Å². The number of carbonyl (C=O) groups is 3. The topological polar surface area (TPSA) is 97.0 Å². The van der Waals surface area contributed by atoms with Crippen LogP contribution in [0.15, 0.2) is 35.5 Å². The molecule has 26 heavy (non-hydrogen) atoms. The van der Waals surface area contributed by atoms with Gasteiger partial charge in [0.2, 0.25) is 5.91 Å². The zero-order chi connectivity index (χ0) is 18.8. The first-order valence-corrected chi connectivity index (χ1v) is 8.32. The van der Waals surface area contributed by atoms with Gasteiger partial charge in [0, 0.05) is 6.04 Å². The summed E-state index contributed by atoms with van der Waals surface area (Å²) in [6.45, 7) is 3.47. The standard InChI is InChI=1S/C18H21N3O5/c1-10(2)19-14(22)8-21-13-9-26-17(23)15(13)16(20-18(21)24)11-4-6-12(25-3)7-5-11/h4-7,10,16H,8-9H2,1-3H3,(H,19,22)(H,20,24)/t16-/m0/s1. The minimum atomic E-state index is -0.622. The van der Waals surface area contributed by atoms with Crippen LogP contribution in [0.25, 0.3) is 0 Å². The number of nitrogens with one attached hydrogen (secondary N) is 2. The molecule has 0 bridgehead atoms. The third-order valence-electron chi connectivity index (χ3n) is 4.20. The molecule has 2 aliphatic rings. The minimum Gasteiger partial charge on any atom is -0.497 e. The Morgan fingerprint density at radius 1 is 1.35 bits per heavy atom. The van der Waals surface area contributed by atoms with Gasteiger partial charge in [-0.25, -0.2) is 9.59 Å². The first kappa shape index (κ1) is 17.8. The van der Waals surface area contributed by atoms with Gasteiger partial charge in [0.15, 0.2) is 0 Å². The van der Waals surface area contributed by atoms with Crippen molar-refractivity contribution in [2.45, 2.75) is 25.9 Å². The maximum absolute atomic E-state index is 12.6. The number of amides is 3. The molecule has 138 valence electrons. The van der Waals surface area contributed by atoms with E-state index in [0.29, 0.717) is 17.0 Å². The van der Waals surface area contributed by atoms with E-state index < -0.39 is 18.0 Å². The summed E-state index contributed by atoms with van der Waals surface area (Å²) in [5.41, 5.74) is 1.52. The van der Waals surface area contributed by atoms with Crippen molar-refractivity contribution in [1.82, 2.24) is 15.5 Å². The van der Waals surface area contributed by atoms with Crippen LogP contribution in [-0.4, -0.2) is 49.1 Å². The van der Waals surface area contributed by atoms with E-state index in [1.807, 2.05) is 13.8 Å². The highest BCUT2D eigenvalue weighted by Gasteiger charge is 2.42. The fourth-order valence-corrected chi connectivity index (χ4v) is 3.04. The van der Waals surface area contributed by atoms with Crippen LogP contribution in [0.1, 0.15) is 25.5 Å². The molecule has 1 aromatic rings. The molecule has 8 nitrogen and oxygen atoms in total. The van der Waals surface area contributed by atoms with Gasteiger partial charge in [0.1, 0.15) is 18.9 Å². The molecule has 8 heteroatoms. The van der Waals surface area contributed by atoms with Crippen LogP contribution in [0.5, 0.6) is 5.75 Å². The highest BCUT2D eigenvalue weighted by molar-refractivity contribution is 5.98. The van der Waals surface area contributed by atoms with Crippen molar-refractivity contribution < 1.29 is 23.9 Å². The smallest absolute Gasteiger partial charge is 0.338 e. The van der Waals surface area contributed by atoms with E-state index in [4.69, 9.17) is 9.47 Å². The first-order chi connectivity index (χ1) is 12.4. The predicted octanol–water partition coefficient (Wildman–Crippen LogP) is 1.10. The van der Waals surface area contributed by atoms with Crippen molar-refractivity contribution in [3.8, 4) is 5.75 Å². The molecule has 0 fully saturated rings. The number of esters is 1. The van der Waals surface area contributed by atoms with Crippen molar-refractivity contribution in [3.05, 3.63) is 41.1 Å². The lowest BCUT2D eigenvalue weighted by molar-refractivity contribution is -0.136. The molecule has 3 amide bonds. The number of urea groups is 1. The maximum atomic E-state index is 12.6. The van der Waals surface area contributed by atoms with Crippen LogP contribution in [0.2, 0.25) is 0 Å². The van der Waals surface area contributed by atoms with Crippen LogP contribution >= 0.6 is 0 Å². The molecular formula is C18H21N3O5. The Balaban J connectivity index is 1.91. The zero-order valence-electron chi connectivity index (χ0n) is 14.9. The van der Waals surface area contributed by atoms with Crippen LogP contribution < -0.4 is 15.4 Å². The van der Waals surface area contributed by atoms with Gasteiger partial charge < -0.3 is 20.1 Å². The summed E-state index contributed by atoms with van der Waals surface area (Å²) in [5.74, 6) is -0.120. The molecule has 0 aromatic heterocycles. The summed E-state index contributed by atoms with van der Waals surface area (Å²) in [6, 6.07) is 5.96. The number of carbonyl (C=O) groups excluding carboxylic acids is 3. The van der Waals surface area contributed by atoms with Crippen molar-refractivity contribution in [3.63, 3.8) is 0 Å². The molecule has 0 unspecified atom stereocenters. The van der Waals surface area contributed by atoms with Gasteiger partial charge in [-0.05, 0) is 31.5 Å². The fraction of sp³-hybridized carbons (Fsp3) is 0.389. The van der Waals surface area contributed by atoms with E-state index >= 15 is 0 Å². The van der Waals surface area contributed by atoms with Crippen LogP contribution in [0.3, 0.4) is 0 Å². The van der Waals surface area contributed by atoms with Gasteiger partial charge in [-0.1, -0.05) is 12.1 Å². The Morgan fingerprint density at radius 3 is 2.65 bits per heavy atom. The molecule has 2 heterocycles. The number of benzene rings is 1. The minimum absolute atomic E-state index is 0.0246. The van der Waals surface area contributed by atoms with E-state index in [1.54, 1.807) is 31.4 Å². The van der Waals surface area contributed by atoms with E-state index in [9.17, 15) is 14.4 Å². The monoisotopic (exact) mass is 359 g/mol. The van der Waals surface area contributed by atoms with E-state index in [0.717, 1.165) is 5.56 Å². The lowest BCUT2D eigenvalue weighted by atomic mass is 9.95. The van der Waals surface area contributed by atoms with E-state index in [2.05, 4.69) is 10.6 Å². The molecule has 2 N–H and O–H groups in total. The number of methoxy groups -OCH3 is 1. The number of hydrogen-bond acceptors (Lipinski definition) is 5. The van der Waals surface area contributed by atoms with Gasteiger partial charge in [-0.3, -0.25) is 9.69 Å². The van der Waals surface area contributed by atoms with Crippen molar-refractivity contribution in [2.75, 3.05) is 20.3 Å². The number of rotatable bonds is 5. The fourth-order valence-electron chi connectivity index (χ4n) is 3.04. The molecule has 1 aromatic carbocycles. The normalized spacial score (nSPS) is 19.2. The number of cyclic esters (lactones) is 1. The molecule has 0 saturated heterocycles. The van der Waals surface area contributed by atoms with Gasteiger partial charge in [-0.2, -0.15) is 0 Å². The summed E-state index contributed by atoms with van der Waals surface area (Å²) in [7, 11) is 1.56. The average Bonchev–Trinajstić information content (AvgIpc) is 2.98. The molecule has 2 aliphatic heterocycles. The third-order valence-corrected chi connectivity index (χ3v) is 4.20. The Hall–Kier alpha value is -3.03. The third kappa shape index (κ3) is 3.35. The number of ether oxygens (including phenoxy) is 2. The van der Waals surface area contributed by atoms with Crippen molar-refractivity contribution in [2.24, 2.45) is 0 Å². The van der Waals surface area contributed by atoms with Crippen LogP contribution in [-0.2, 0) is 14.3 Å². The van der Waals surface area contributed by atoms with Crippen molar-refractivity contribution in [1.29, 1.82) is 0 Å². The molecule has 0 saturated carbocycles. The second-order valence-electron chi connectivity index (χ2n) is 6.40. The largest absolute Gasteiger partial charge is 0.497 e. The lowest BCUT2D eigenvalue weighted by Crippen LogP contribution is -2.51. The average molecular weight is 359 g/mol. The molecule has 3 rings (SSSR count). The number of nitrogens with zero attached hydrogens (tertiary/aromatic N) is 1. The van der Waals surface area contributed by atoms with Gasteiger partial charge >= 0.3 is 12.0 Å². The Bertz CT molecular complexity index is 770. The Kier molecular flexibility index (Phi) is 4.83. The summed E-state index contributed by atoms with van der Waals surface area (Å²) >= 11 is 0. The second-order valence-corrected chi connectivity index (χ2v) is 6.40. The molecule has 0 aliphatic carbocycles. The second kappa shape index (κ2) is 7.07. The lowest BCUT2D eigenvalue weighted by Gasteiger charge is -2.32. The molecule has 0 spiro atoms. The van der Waals surface area contributed by atoms with Crippen molar-refractivity contribution >= 4 is 17.9 Å². The van der Waals surface area contributed by atoms with Crippen LogP contribution in [0.4, 0.5) is 4.79 Å². The zero-order valence-corrected chi connectivity index (χ0v) is 14.9. The van der Waals surface area contributed by atoms with Gasteiger partial charge in [0.05, 0.1) is 24.4 Å².